The molecule has 0 aromatic rings. The van der Waals surface area contributed by atoms with Gasteiger partial charge in [0, 0.05) is 5.71 Å². The molecule has 0 radical (unpaired) electrons. The zero-order valence-electron chi connectivity index (χ0n) is 6.86. The maximum atomic E-state index is 7.55. The molecular formula is C8H17N. The lowest BCUT2D eigenvalue weighted by Gasteiger charge is -2.12. The summed E-state index contributed by atoms with van der Waals surface area (Å²) in [6, 6.07) is 0. The minimum absolute atomic E-state index is 0.431. The van der Waals surface area contributed by atoms with E-state index in [4.69, 9.17) is 5.41 Å². The van der Waals surface area contributed by atoms with Gasteiger partial charge in [-0.2, -0.15) is 0 Å². The van der Waals surface area contributed by atoms with Crippen LogP contribution in [0, 0.1) is 17.2 Å². The molecule has 1 nitrogen and oxygen atoms in total. The van der Waals surface area contributed by atoms with Crippen LogP contribution < -0.4 is 0 Å². The molecule has 0 saturated carbocycles. The smallest absolute Gasteiger partial charge is 0.0143 e. The van der Waals surface area contributed by atoms with Gasteiger partial charge in [-0.1, -0.05) is 27.7 Å². The number of rotatable bonds is 3. The molecule has 54 valence electrons. The van der Waals surface area contributed by atoms with E-state index in [9.17, 15) is 0 Å². The van der Waals surface area contributed by atoms with Gasteiger partial charge >= 0.3 is 0 Å². The Balaban J connectivity index is 3.73. The van der Waals surface area contributed by atoms with E-state index in [0.29, 0.717) is 11.8 Å². The van der Waals surface area contributed by atoms with Crippen LogP contribution in [0.15, 0.2) is 0 Å². The Morgan fingerprint density at radius 1 is 1.33 bits per heavy atom. The number of hydrogen-bond donors (Lipinski definition) is 1. The average Bonchev–Trinajstić information content (AvgIpc) is 1.84. The van der Waals surface area contributed by atoms with Crippen molar-refractivity contribution in [3.63, 3.8) is 0 Å². The summed E-state index contributed by atoms with van der Waals surface area (Å²) in [4.78, 5) is 0. The highest BCUT2D eigenvalue weighted by Crippen LogP contribution is 2.09. The second-order valence-corrected chi connectivity index (χ2v) is 2.92. The largest absolute Gasteiger partial charge is 0.309 e. The molecule has 0 spiro atoms. The van der Waals surface area contributed by atoms with Crippen molar-refractivity contribution >= 4 is 5.71 Å². The van der Waals surface area contributed by atoms with Crippen LogP contribution in [0.25, 0.3) is 0 Å². The normalized spacial score (nSPS) is 13.9. The first-order valence-corrected chi connectivity index (χ1v) is 3.67. The van der Waals surface area contributed by atoms with Gasteiger partial charge in [0.05, 0.1) is 0 Å². The van der Waals surface area contributed by atoms with E-state index >= 15 is 0 Å². The van der Waals surface area contributed by atoms with Crippen LogP contribution in [0.4, 0.5) is 0 Å². The van der Waals surface area contributed by atoms with Crippen LogP contribution >= 0.6 is 0 Å². The van der Waals surface area contributed by atoms with Crippen molar-refractivity contribution in [1.29, 1.82) is 5.41 Å². The SMILES string of the molecule is CCC(C)C(=N)C(C)C. The Morgan fingerprint density at radius 3 is 1.89 bits per heavy atom. The zero-order valence-corrected chi connectivity index (χ0v) is 6.86. The fourth-order valence-electron chi connectivity index (χ4n) is 0.789. The quantitative estimate of drug-likeness (QED) is 0.564. The van der Waals surface area contributed by atoms with Gasteiger partial charge < -0.3 is 5.41 Å². The predicted octanol–water partition coefficient (Wildman–Crippen LogP) is 2.71. The summed E-state index contributed by atoms with van der Waals surface area (Å²) < 4.78 is 0. The maximum Gasteiger partial charge on any atom is 0.0143 e. The topological polar surface area (TPSA) is 23.9 Å². The van der Waals surface area contributed by atoms with E-state index in [1.807, 2.05) is 0 Å². The molecule has 0 rings (SSSR count). The molecule has 0 saturated heterocycles. The third kappa shape index (κ3) is 2.64. The van der Waals surface area contributed by atoms with Crippen molar-refractivity contribution < 1.29 is 0 Å². The van der Waals surface area contributed by atoms with Gasteiger partial charge in [0.25, 0.3) is 0 Å². The van der Waals surface area contributed by atoms with Crippen LogP contribution in [0.2, 0.25) is 0 Å². The summed E-state index contributed by atoms with van der Waals surface area (Å²) in [5.41, 5.74) is 0.887. The lowest BCUT2D eigenvalue weighted by molar-refractivity contribution is 0.678. The molecule has 1 N–H and O–H groups in total. The van der Waals surface area contributed by atoms with Crippen molar-refractivity contribution in [1.82, 2.24) is 0 Å². The Bertz CT molecular complexity index is 94.7. The molecule has 0 aromatic carbocycles. The number of hydrogen-bond acceptors (Lipinski definition) is 1. The minimum Gasteiger partial charge on any atom is -0.309 e. The van der Waals surface area contributed by atoms with Gasteiger partial charge in [0.2, 0.25) is 0 Å². The Kier molecular flexibility index (Phi) is 3.52. The van der Waals surface area contributed by atoms with E-state index in [0.717, 1.165) is 12.1 Å². The van der Waals surface area contributed by atoms with Crippen molar-refractivity contribution in [2.45, 2.75) is 34.1 Å². The summed E-state index contributed by atoms with van der Waals surface area (Å²) >= 11 is 0. The van der Waals surface area contributed by atoms with Gasteiger partial charge in [-0.25, -0.2) is 0 Å². The molecule has 0 heterocycles. The summed E-state index contributed by atoms with van der Waals surface area (Å²) in [5, 5.41) is 7.55. The molecular weight excluding hydrogens is 110 g/mol. The number of nitrogens with one attached hydrogen (secondary N) is 1. The first-order chi connectivity index (χ1) is 4.09. The van der Waals surface area contributed by atoms with E-state index < -0.39 is 0 Å². The van der Waals surface area contributed by atoms with Crippen molar-refractivity contribution in [3.8, 4) is 0 Å². The standard InChI is InChI=1S/C8H17N/c1-5-7(4)8(9)6(2)3/h6-7,9H,5H2,1-4H3. The van der Waals surface area contributed by atoms with Gasteiger partial charge in [-0.3, -0.25) is 0 Å². The summed E-state index contributed by atoms with van der Waals surface area (Å²) in [6.45, 7) is 8.40. The molecule has 0 fully saturated rings. The molecule has 1 unspecified atom stereocenters. The summed E-state index contributed by atoms with van der Waals surface area (Å²) in [5.74, 6) is 0.907. The summed E-state index contributed by atoms with van der Waals surface area (Å²) in [7, 11) is 0. The highest BCUT2D eigenvalue weighted by atomic mass is 14.4. The van der Waals surface area contributed by atoms with Crippen molar-refractivity contribution in [2.75, 3.05) is 0 Å². The van der Waals surface area contributed by atoms with E-state index in [-0.39, 0.29) is 0 Å². The molecule has 0 aliphatic carbocycles. The maximum absolute atomic E-state index is 7.55. The molecule has 9 heavy (non-hydrogen) atoms. The molecule has 1 heteroatoms. The van der Waals surface area contributed by atoms with Gasteiger partial charge in [-0.05, 0) is 18.3 Å². The monoisotopic (exact) mass is 127 g/mol. The lowest BCUT2D eigenvalue weighted by atomic mass is 9.94. The first kappa shape index (κ1) is 8.67. The third-order valence-electron chi connectivity index (χ3n) is 1.77. The first-order valence-electron chi connectivity index (χ1n) is 3.67. The van der Waals surface area contributed by atoms with Crippen LogP contribution in [0.1, 0.15) is 34.1 Å². The highest BCUT2D eigenvalue weighted by Gasteiger charge is 2.08. The van der Waals surface area contributed by atoms with Crippen LogP contribution in [-0.4, -0.2) is 5.71 Å². The molecule has 0 aliphatic heterocycles. The molecule has 0 aliphatic rings. The molecule has 0 amide bonds. The lowest BCUT2D eigenvalue weighted by Crippen LogP contribution is -2.14. The highest BCUT2D eigenvalue weighted by molar-refractivity contribution is 5.85. The van der Waals surface area contributed by atoms with Gasteiger partial charge in [0.1, 0.15) is 0 Å². The fourth-order valence-corrected chi connectivity index (χ4v) is 0.789. The van der Waals surface area contributed by atoms with Crippen LogP contribution in [0.3, 0.4) is 0 Å². The van der Waals surface area contributed by atoms with Crippen molar-refractivity contribution in [2.24, 2.45) is 11.8 Å². The minimum atomic E-state index is 0.431. The molecule has 0 bridgehead atoms. The van der Waals surface area contributed by atoms with Crippen molar-refractivity contribution in [3.05, 3.63) is 0 Å². The zero-order chi connectivity index (χ0) is 7.44. The Morgan fingerprint density at radius 2 is 1.78 bits per heavy atom. The predicted molar refractivity (Wildman–Crippen MR) is 42.0 cm³/mol. The molecule has 1 atom stereocenters. The molecule has 0 aromatic heterocycles. The average molecular weight is 127 g/mol. The van der Waals surface area contributed by atoms with Gasteiger partial charge in [-0.15, -0.1) is 0 Å². The van der Waals surface area contributed by atoms with Crippen LogP contribution in [-0.2, 0) is 0 Å². The second-order valence-electron chi connectivity index (χ2n) is 2.92. The third-order valence-corrected chi connectivity index (χ3v) is 1.77. The van der Waals surface area contributed by atoms with Gasteiger partial charge in [0.15, 0.2) is 0 Å². The Hall–Kier alpha value is -0.330. The summed E-state index contributed by atoms with van der Waals surface area (Å²) in [6.07, 6.45) is 1.09. The Labute approximate surface area is 58.0 Å². The second kappa shape index (κ2) is 3.65. The van der Waals surface area contributed by atoms with Crippen LogP contribution in [0.5, 0.6) is 0 Å². The van der Waals surface area contributed by atoms with E-state index in [2.05, 4.69) is 27.7 Å². The van der Waals surface area contributed by atoms with E-state index in [1.54, 1.807) is 0 Å². The van der Waals surface area contributed by atoms with E-state index in [1.165, 1.54) is 0 Å². The fraction of sp³-hybridized carbons (Fsp3) is 0.875.